The summed E-state index contributed by atoms with van der Waals surface area (Å²) in [4.78, 5) is 38.3. The van der Waals surface area contributed by atoms with Crippen LogP contribution in [0.3, 0.4) is 0 Å². The van der Waals surface area contributed by atoms with Crippen molar-refractivity contribution >= 4 is 52.3 Å². The summed E-state index contributed by atoms with van der Waals surface area (Å²) in [6.45, 7) is 0. The van der Waals surface area contributed by atoms with E-state index in [2.05, 4.69) is 0 Å². The maximum absolute atomic E-state index is 13.7. The van der Waals surface area contributed by atoms with Crippen molar-refractivity contribution in [2.75, 3.05) is 28.4 Å². The van der Waals surface area contributed by atoms with Gasteiger partial charge in [0.25, 0.3) is 5.56 Å². The fraction of sp³-hybridized carbons (Fsp3) is 0.148. The molecule has 4 rings (SSSR count). The molecule has 3 aromatic carbocycles. The van der Waals surface area contributed by atoms with E-state index in [0.717, 1.165) is 0 Å². The monoisotopic (exact) mass is 512 g/mol. The Bertz CT molecular complexity index is 1520. The van der Waals surface area contributed by atoms with Crippen LogP contribution in [0.5, 0.6) is 17.2 Å². The number of carboxylic acid groups (broad SMARTS) is 1. The minimum Gasteiger partial charge on any atom is -0.493 e. The summed E-state index contributed by atoms with van der Waals surface area (Å²) in [5.74, 6) is -0.793. The van der Waals surface area contributed by atoms with Crippen LogP contribution in [0.4, 0.5) is 0 Å². The molecule has 1 radical (unpaired) electrons. The molecule has 4 aromatic rings. The molecule has 0 bridgehead atoms. The van der Waals surface area contributed by atoms with E-state index in [9.17, 15) is 19.5 Å². The van der Waals surface area contributed by atoms with Crippen molar-refractivity contribution in [3.05, 3.63) is 82.3 Å². The number of hydrogen-bond acceptors (Lipinski definition) is 7. The second-order valence-corrected chi connectivity index (χ2v) is 7.67. The first-order valence-electron chi connectivity index (χ1n) is 10.8. The van der Waals surface area contributed by atoms with Gasteiger partial charge in [-0.25, -0.2) is 9.59 Å². The summed E-state index contributed by atoms with van der Waals surface area (Å²) in [6, 6.07) is 15.9. The Morgan fingerprint density at radius 3 is 1.86 bits per heavy atom. The second-order valence-electron chi connectivity index (χ2n) is 7.67. The number of hydrogen-bond donors (Lipinski definition) is 1. The molecule has 0 fully saturated rings. The van der Waals surface area contributed by atoms with Crippen LogP contribution in [-0.2, 0) is 4.74 Å². The summed E-state index contributed by atoms with van der Waals surface area (Å²) in [7, 11) is 5.66. The van der Waals surface area contributed by atoms with Crippen LogP contribution in [0.25, 0.3) is 27.6 Å². The maximum Gasteiger partial charge on any atom is 0.355 e. The Morgan fingerprint density at radius 2 is 1.38 bits per heavy atom. The van der Waals surface area contributed by atoms with Crippen molar-refractivity contribution in [2.45, 2.75) is 0 Å². The molecule has 0 saturated carbocycles. The number of carboxylic acids is 1. The molecule has 0 aliphatic heterocycles. The zero-order chi connectivity index (χ0) is 26.0. The molecule has 0 amide bonds. The molecule has 1 N–H and O–H groups in total. The third-order valence-electron chi connectivity index (χ3n) is 5.79. The van der Waals surface area contributed by atoms with Gasteiger partial charge in [0.05, 0.1) is 34.0 Å². The Balaban J connectivity index is 0.00000380. The van der Waals surface area contributed by atoms with Gasteiger partial charge in [-0.15, -0.1) is 0 Å². The number of carbonyl (C=O) groups excluding carboxylic acids is 1. The Labute approximate surface area is 234 Å². The number of carbonyl (C=O) groups is 2. The van der Waals surface area contributed by atoms with E-state index >= 15 is 0 Å². The van der Waals surface area contributed by atoms with Gasteiger partial charge in [0.1, 0.15) is 5.69 Å². The molecule has 0 atom stereocenters. The predicted molar refractivity (Wildman–Crippen MR) is 139 cm³/mol. The Kier molecular flexibility index (Phi) is 8.65. The van der Waals surface area contributed by atoms with E-state index in [-0.39, 0.29) is 40.8 Å². The molecule has 0 spiro atoms. The minimum atomic E-state index is -1.11. The van der Waals surface area contributed by atoms with Crippen molar-refractivity contribution in [1.29, 1.82) is 0 Å². The van der Waals surface area contributed by atoms with Crippen LogP contribution < -0.4 is 19.8 Å². The molecule has 0 saturated heterocycles. The number of ether oxygens (including phenoxy) is 4. The SMILES string of the molecule is COC(=O)c1c(-c2cc(OC)c(OC)c(OC)c2)c2ccccc2c(=O)n1-c1ccc(C(=O)O)cc1.[Na]. The van der Waals surface area contributed by atoms with Crippen LogP contribution in [0.15, 0.2) is 65.5 Å². The Hall–Kier alpha value is -3.79. The van der Waals surface area contributed by atoms with E-state index in [1.54, 1.807) is 36.4 Å². The average Bonchev–Trinajstić information content (AvgIpc) is 2.91. The third kappa shape index (κ3) is 4.93. The van der Waals surface area contributed by atoms with E-state index in [4.69, 9.17) is 18.9 Å². The zero-order valence-corrected chi connectivity index (χ0v) is 23.0. The van der Waals surface area contributed by atoms with Gasteiger partial charge in [0.2, 0.25) is 5.75 Å². The first-order valence-corrected chi connectivity index (χ1v) is 10.8. The quantitative estimate of drug-likeness (QED) is 0.294. The van der Waals surface area contributed by atoms with E-state index in [0.29, 0.717) is 44.8 Å². The van der Waals surface area contributed by atoms with E-state index < -0.39 is 17.5 Å². The number of fused-ring (bicyclic) bond motifs is 1. The number of benzene rings is 3. The molecule has 9 nitrogen and oxygen atoms in total. The molecule has 10 heteroatoms. The number of nitrogens with zero attached hydrogens (tertiary/aromatic N) is 1. The summed E-state index contributed by atoms with van der Waals surface area (Å²) in [5, 5.41) is 10.1. The Morgan fingerprint density at radius 1 is 0.811 bits per heavy atom. The van der Waals surface area contributed by atoms with E-state index in [1.807, 2.05) is 0 Å². The molecule has 185 valence electrons. The largest absolute Gasteiger partial charge is 0.493 e. The molecule has 0 aliphatic rings. The standard InChI is InChI=1S/C27H23NO8.Na/c1-33-20-13-16(14-21(34-2)24(20)35-3)22-18-7-5-6-8-19(18)25(29)28(23(22)27(32)36-4)17-11-9-15(10-12-17)26(30)31;/h5-14H,1-4H3,(H,30,31);. The van der Waals surface area contributed by atoms with Crippen LogP contribution in [0, 0.1) is 0 Å². The number of aromatic nitrogens is 1. The molecular weight excluding hydrogens is 489 g/mol. The summed E-state index contributed by atoms with van der Waals surface area (Å²) in [5.41, 5.74) is 0.737. The molecule has 1 aromatic heterocycles. The fourth-order valence-electron chi connectivity index (χ4n) is 4.16. The molecule has 0 aliphatic carbocycles. The smallest absolute Gasteiger partial charge is 0.355 e. The summed E-state index contributed by atoms with van der Waals surface area (Å²) < 4.78 is 22.8. The number of methoxy groups -OCH3 is 4. The van der Waals surface area contributed by atoms with Crippen molar-refractivity contribution in [3.8, 4) is 34.1 Å². The van der Waals surface area contributed by atoms with Gasteiger partial charge in [-0.3, -0.25) is 9.36 Å². The first-order chi connectivity index (χ1) is 17.4. The maximum atomic E-state index is 13.7. The topological polar surface area (TPSA) is 113 Å². The van der Waals surface area contributed by atoms with Gasteiger partial charge in [-0.2, -0.15) is 0 Å². The van der Waals surface area contributed by atoms with Crippen LogP contribution in [-0.4, -0.2) is 79.6 Å². The van der Waals surface area contributed by atoms with Crippen molar-refractivity contribution in [2.24, 2.45) is 0 Å². The van der Waals surface area contributed by atoms with Gasteiger partial charge in [0, 0.05) is 46.2 Å². The predicted octanol–water partition coefficient (Wildman–Crippen LogP) is 3.79. The number of esters is 1. The summed E-state index contributed by atoms with van der Waals surface area (Å²) >= 11 is 0. The molecule has 37 heavy (non-hydrogen) atoms. The third-order valence-corrected chi connectivity index (χ3v) is 5.79. The van der Waals surface area contributed by atoms with Gasteiger partial charge >= 0.3 is 11.9 Å². The number of rotatable bonds is 7. The van der Waals surface area contributed by atoms with E-state index in [1.165, 1.54) is 57.3 Å². The summed E-state index contributed by atoms with van der Waals surface area (Å²) in [6.07, 6.45) is 0. The van der Waals surface area contributed by atoms with Gasteiger partial charge in [0.15, 0.2) is 11.5 Å². The van der Waals surface area contributed by atoms with Crippen LogP contribution in [0.2, 0.25) is 0 Å². The molecular formula is C27H23NNaO8. The fourth-order valence-corrected chi connectivity index (χ4v) is 4.16. The van der Waals surface area contributed by atoms with Crippen LogP contribution >= 0.6 is 0 Å². The average molecular weight is 512 g/mol. The van der Waals surface area contributed by atoms with Crippen molar-refractivity contribution in [1.82, 2.24) is 4.57 Å². The molecule has 1 heterocycles. The van der Waals surface area contributed by atoms with Gasteiger partial charge in [-0.05, 0) is 53.4 Å². The number of pyridine rings is 1. The normalized spacial score (nSPS) is 10.4. The number of aromatic carboxylic acids is 1. The van der Waals surface area contributed by atoms with Crippen LogP contribution in [0.1, 0.15) is 20.8 Å². The van der Waals surface area contributed by atoms with Gasteiger partial charge < -0.3 is 24.1 Å². The second kappa shape index (κ2) is 11.5. The molecule has 0 unspecified atom stereocenters. The minimum absolute atomic E-state index is 0. The van der Waals surface area contributed by atoms with Gasteiger partial charge in [-0.1, -0.05) is 18.2 Å². The first kappa shape index (κ1) is 27.8. The van der Waals surface area contributed by atoms with Crippen molar-refractivity contribution in [3.63, 3.8) is 0 Å². The van der Waals surface area contributed by atoms with Crippen molar-refractivity contribution < 1.29 is 33.6 Å². The zero-order valence-electron chi connectivity index (χ0n) is 21.0.